The van der Waals surface area contributed by atoms with E-state index >= 15 is 0 Å². The molecule has 1 aromatic rings. The average Bonchev–Trinajstić information content (AvgIpc) is 3.05. The maximum absolute atomic E-state index is 12.2. The van der Waals surface area contributed by atoms with Gasteiger partial charge in [-0.2, -0.15) is 11.3 Å². The van der Waals surface area contributed by atoms with Crippen molar-refractivity contribution < 1.29 is 4.79 Å². The van der Waals surface area contributed by atoms with Gasteiger partial charge in [0.25, 0.3) is 0 Å². The zero-order valence-corrected chi connectivity index (χ0v) is 13.4. The third-order valence-electron chi connectivity index (χ3n) is 3.87. The summed E-state index contributed by atoms with van der Waals surface area (Å²) < 4.78 is 0. The Labute approximate surface area is 125 Å². The number of rotatable bonds is 5. The van der Waals surface area contributed by atoms with E-state index < -0.39 is 0 Å². The molecule has 0 spiro atoms. The summed E-state index contributed by atoms with van der Waals surface area (Å²) in [6, 6.07) is 2.22. The molecule has 0 saturated carbocycles. The molecule has 1 aromatic heterocycles. The number of hydrogen-bond donors (Lipinski definition) is 1. The molecular formula is C15H25N3OS. The Bertz CT molecular complexity index is 419. The molecule has 1 saturated heterocycles. The van der Waals surface area contributed by atoms with E-state index in [4.69, 9.17) is 0 Å². The fourth-order valence-electron chi connectivity index (χ4n) is 2.71. The quantitative estimate of drug-likeness (QED) is 0.905. The first kappa shape index (κ1) is 15.3. The van der Waals surface area contributed by atoms with Crippen molar-refractivity contribution in [3.8, 4) is 0 Å². The number of likely N-dealkylation sites (tertiary alicyclic amines) is 1. The molecule has 20 heavy (non-hydrogen) atoms. The van der Waals surface area contributed by atoms with E-state index in [0.29, 0.717) is 18.4 Å². The van der Waals surface area contributed by atoms with Gasteiger partial charge in [0, 0.05) is 26.2 Å². The van der Waals surface area contributed by atoms with Crippen LogP contribution >= 0.6 is 11.3 Å². The molecule has 2 amide bonds. The fraction of sp³-hybridized carbons (Fsp3) is 0.667. The van der Waals surface area contributed by atoms with Crippen molar-refractivity contribution in [1.29, 1.82) is 0 Å². The first-order chi connectivity index (χ1) is 9.56. The highest BCUT2D eigenvalue weighted by Gasteiger charge is 2.26. The summed E-state index contributed by atoms with van der Waals surface area (Å²) in [5.74, 6) is 0.996. The number of amides is 2. The summed E-state index contributed by atoms with van der Waals surface area (Å²) in [6.45, 7) is 5.70. The second kappa shape index (κ2) is 7.09. The molecule has 0 unspecified atom stereocenters. The van der Waals surface area contributed by atoms with Gasteiger partial charge < -0.3 is 15.1 Å². The van der Waals surface area contributed by atoms with Crippen molar-refractivity contribution in [1.82, 2.24) is 15.1 Å². The lowest BCUT2D eigenvalue weighted by molar-refractivity contribution is 0.205. The molecule has 0 aromatic carbocycles. The lowest BCUT2D eigenvalue weighted by atomic mass is 10.1. The Kier molecular flexibility index (Phi) is 5.43. The summed E-state index contributed by atoms with van der Waals surface area (Å²) in [7, 11) is 4.18. The minimum Gasteiger partial charge on any atom is -0.337 e. The molecule has 2 rings (SSSR count). The SMILES string of the molecule is C[C@H](CNC(=O)N1CC[C@@H](CN(C)C)C1)c1ccsc1. The van der Waals surface area contributed by atoms with E-state index in [2.05, 4.69) is 48.1 Å². The maximum Gasteiger partial charge on any atom is 0.317 e. The van der Waals surface area contributed by atoms with Crippen LogP contribution in [0.2, 0.25) is 0 Å². The Hall–Kier alpha value is -1.07. The van der Waals surface area contributed by atoms with Crippen LogP contribution in [0.25, 0.3) is 0 Å². The van der Waals surface area contributed by atoms with Gasteiger partial charge in [-0.05, 0) is 54.7 Å². The molecule has 1 fully saturated rings. The van der Waals surface area contributed by atoms with Crippen LogP contribution in [0.15, 0.2) is 16.8 Å². The third kappa shape index (κ3) is 4.21. The van der Waals surface area contributed by atoms with E-state index in [-0.39, 0.29) is 6.03 Å². The van der Waals surface area contributed by atoms with Crippen LogP contribution in [-0.2, 0) is 0 Å². The molecule has 2 heterocycles. The Morgan fingerprint density at radius 1 is 1.60 bits per heavy atom. The van der Waals surface area contributed by atoms with Crippen LogP contribution in [0.4, 0.5) is 4.79 Å². The number of thiophene rings is 1. The van der Waals surface area contributed by atoms with E-state index in [1.165, 1.54) is 5.56 Å². The number of carbonyl (C=O) groups excluding carboxylic acids is 1. The van der Waals surface area contributed by atoms with Gasteiger partial charge >= 0.3 is 6.03 Å². The monoisotopic (exact) mass is 295 g/mol. The van der Waals surface area contributed by atoms with Crippen molar-refractivity contribution in [2.45, 2.75) is 19.3 Å². The highest BCUT2D eigenvalue weighted by molar-refractivity contribution is 7.07. The standard InChI is InChI=1S/C15H25N3OS/c1-12(14-5-7-20-11-14)8-16-15(19)18-6-4-13(10-18)9-17(2)3/h5,7,11-13H,4,6,8-10H2,1-3H3,(H,16,19)/t12-,13+/m1/s1. The first-order valence-corrected chi connectivity index (χ1v) is 8.20. The zero-order chi connectivity index (χ0) is 14.5. The highest BCUT2D eigenvalue weighted by atomic mass is 32.1. The molecule has 2 atom stereocenters. The van der Waals surface area contributed by atoms with E-state index in [0.717, 1.165) is 26.1 Å². The summed E-state index contributed by atoms with van der Waals surface area (Å²) in [5.41, 5.74) is 1.31. The molecule has 0 radical (unpaired) electrons. The zero-order valence-electron chi connectivity index (χ0n) is 12.6. The second-order valence-corrected chi connectivity index (χ2v) is 6.79. The number of nitrogens with zero attached hydrogens (tertiary/aromatic N) is 2. The van der Waals surface area contributed by atoms with Crippen molar-refractivity contribution >= 4 is 17.4 Å². The molecule has 0 aliphatic carbocycles. The third-order valence-corrected chi connectivity index (χ3v) is 4.57. The number of nitrogens with one attached hydrogen (secondary N) is 1. The average molecular weight is 295 g/mol. The molecule has 5 heteroatoms. The predicted octanol–water partition coefficient (Wildman–Crippen LogP) is 2.44. The maximum atomic E-state index is 12.2. The van der Waals surface area contributed by atoms with E-state index in [9.17, 15) is 4.79 Å². The van der Waals surface area contributed by atoms with Gasteiger partial charge in [-0.25, -0.2) is 4.79 Å². The van der Waals surface area contributed by atoms with Crippen molar-refractivity contribution in [3.05, 3.63) is 22.4 Å². The number of urea groups is 1. The number of carbonyl (C=O) groups is 1. The molecule has 1 aliphatic heterocycles. The van der Waals surface area contributed by atoms with Crippen LogP contribution in [-0.4, -0.2) is 56.1 Å². The lowest BCUT2D eigenvalue weighted by Crippen LogP contribution is -2.40. The molecule has 4 nitrogen and oxygen atoms in total. The lowest BCUT2D eigenvalue weighted by Gasteiger charge is -2.20. The summed E-state index contributed by atoms with van der Waals surface area (Å²) in [6.07, 6.45) is 1.12. The van der Waals surface area contributed by atoms with Crippen molar-refractivity contribution in [3.63, 3.8) is 0 Å². The van der Waals surface area contributed by atoms with Gasteiger partial charge in [0.05, 0.1) is 0 Å². The van der Waals surface area contributed by atoms with Gasteiger partial charge in [-0.15, -0.1) is 0 Å². The van der Waals surface area contributed by atoms with Crippen LogP contribution < -0.4 is 5.32 Å². The molecule has 1 N–H and O–H groups in total. The summed E-state index contributed by atoms with van der Waals surface area (Å²) in [5, 5.41) is 7.30. The van der Waals surface area contributed by atoms with E-state index in [1.54, 1.807) is 11.3 Å². The normalized spacial score (nSPS) is 20.4. The Balaban J connectivity index is 1.73. The predicted molar refractivity (Wildman–Crippen MR) is 84.4 cm³/mol. The van der Waals surface area contributed by atoms with E-state index in [1.807, 2.05) is 4.90 Å². The largest absolute Gasteiger partial charge is 0.337 e. The van der Waals surface area contributed by atoms with Gasteiger partial charge in [0.2, 0.25) is 0 Å². The van der Waals surface area contributed by atoms with Gasteiger partial charge in [0.1, 0.15) is 0 Å². The Morgan fingerprint density at radius 2 is 2.40 bits per heavy atom. The van der Waals surface area contributed by atoms with Crippen LogP contribution in [0.5, 0.6) is 0 Å². The number of hydrogen-bond acceptors (Lipinski definition) is 3. The van der Waals surface area contributed by atoms with Crippen LogP contribution in [0.3, 0.4) is 0 Å². The van der Waals surface area contributed by atoms with Crippen molar-refractivity contribution in [2.75, 3.05) is 40.3 Å². The minimum absolute atomic E-state index is 0.0911. The molecule has 1 aliphatic rings. The molecule has 112 valence electrons. The highest BCUT2D eigenvalue weighted by Crippen LogP contribution is 2.19. The smallest absolute Gasteiger partial charge is 0.317 e. The minimum atomic E-state index is 0.0911. The van der Waals surface area contributed by atoms with Gasteiger partial charge in [0.15, 0.2) is 0 Å². The summed E-state index contributed by atoms with van der Waals surface area (Å²) in [4.78, 5) is 16.3. The fourth-order valence-corrected chi connectivity index (χ4v) is 3.49. The first-order valence-electron chi connectivity index (χ1n) is 7.26. The summed E-state index contributed by atoms with van der Waals surface area (Å²) >= 11 is 1.71. The van der Waals surface area contributed by atoms with Crippen molar-refractivity contribution in [2.24, 2.45) is 5.92 Å². The second-order valence-electron chi connectivity index (χ2n) is 6.01. The van der Waals surface area contributed by atoms with Gasteiger partial charge in [-0.3, -0.25) is 0 Å². The van der Waals surface area contributed by atoms with Crippen LogP contribution in [0.1, 0.15) is 24.8 Å². The topological polar surface area (TPSA) is 35.6 Å². The molecular weight excluding hydrogens is 270 g/mol. The van der Waals surface area contributed by atoms with Gasteiger partial charge in [-0.1, -0.05) is 6.92 Å². The molecule has 0 bridgehead atoms. The van der Waals surface area contributed by atoms with Crippen LogP contribution in [0, 0.1) is 5.92 Å². The Morgan fingerprint density at radius 3 is 3.05 bits per heavy atom.